The molecule has 0 radical (unpaired) electrons. The van der Waals surface area contributed by atoms with Crippen molar-refractivity contribution in [3.63, 3.8) is 0 Å². The summed E-state index contributed by atoms with van der Waals surface area (Å²) < 4.78 is 5.15. The third-order valence-corrected chi connectivity index (χ3v) is 6.17. The first-order valence-corrected chi connectivity index (χ1v) is 9.68. The van der Waals surface area contributed by atoms with Crippen LogP contribution in [0.4, 0.5) is 0 Å². The number of thioether (sulfide) groups is 1. The van der Waals surface area contributed by atoms with Crippen LogP contribution in [-0.2, 0) is 11.2 Å². The molecule has 134 valence electrons. The maximum absolute atomic E-state index is 12.7. The van der Waals surface area contributed by atoms with Crippen LogP contribution in [-0.4, -0.2) is 42.2 Å². The number of carbonyl (C=O) groups is 2. The Balaban J connectivity index is 1.36. The Bertz CT molecular complexity index is 837. The molecule has 2 aliphatic rings. The largest absolute Gasteiger partial charge is 0.497 e. The van der Waals surface area contributed by atoms with E-state index in [0.717, 1.165) is 28.9 Å². The summed E-state index contributed by atoms with van der Waals surface area (Å²) in [6.45, 7) is 0.548. The van der Waals surface area contributed by atoms with E-state index in [-0.39, 0.29) is 17.2 Å². The maximum atomic E-state index is 12.7. The number of benzene rings is 2. The molecular weight excluding hydrogens is 348 g/mol. The summed E-state index contributed by atoms with van der Waals surface area (Å²) in [6.07, 6.45) is 0.743. The summed E-state index contributed by atoms with van der Waals surface area (Å²) in [7, 11) is 1.64. The van der Waals surface area contributed by atoms with Crippen LogP contribution >= 0.6 is 11.8 Å². The molecular formula is C20H20N2O3S. The number of hydrogen-bond acceptors (Lipinski definition) is 4. The van der Waals surface area contributed by atoms with Gasteiger partial charge in [0.2, 0.25) is 5.91 Å². The monoisotopic (exact) mass is 368 g/mol. The third kappa shape index (κ3) is 2.94. The molecule has 2 unspecified atom stereocenters. The lowest BCUT2D eigenvalue weighted by molar-refractivity contribution is -0.124. The molecule has 2 aromatic carbocycles. The number of carbonyl (C=O) groups excluding carboxylic acids is 2. The fourth-order valence-electron chi connectivity index (χ4n) is 3.48. The predicted octanol–water partition coefficient (Wildman–Crippen LogP) is 2.62. The van der Waals surface area contributed by atoms with Gasteiger partial charge in [0, 0.05) is 17.9 Å². The Morgan fingerprint density at radius 2 is 2.00 bits per heavy atom. The zero-order valence-corrected chi connectivity index (χ0v) is 15.3. The minimum Gasteiger partial charge on any atom is -0.497 e. The predicted molar refractivity (Wildman–Crippen MR) is 101 cm³/mol. The Morgan fingerprint density at radius 1 is 1.23 bits per heavy atom. The fraction of sp³-hybridized carbons (Fsp3) is 0.300. The van der Waals surface area contributed by atoms with E-state index in [4.69, 9.17) is 4.74 Å². The normalized spacial score (nSPS) is 20.7. The van der Waals surface area contributed by atoms with Crippen molar-refractivity contribution in [2.45, 2.75) is 17.8 Å². The van der Waals surface area contributed by atoms with E-state index in [1.54, 1.807) is 23.8 Å². The number of amides is 2. The first-order valence-electron chi connectivity index (χ1n) is 8.63. The van der Waals surface area contributed by atoms with Crippen LogP contribution in [0.25, 0.3) is 0 Å². The second kappa shape index (κ2) is 7.03. The van der Waals surface area contributed by atoms with Gasteiger partial charge < -0.3 is 15.0 Å². The minimum atomic E-state index is -0.402. The van der Waals surface area contributed by atoms with Gasteiger partial charge in [0.25, 0.3) is 5.91 Å². The van der Waals surface area contributed by atoms with Gasteiger partial charge in [0.1, 0.15) is 17.2 Å². The number of hydrogen-bond donors (Lipinski definition) is 1. The standard InChI is InChI=1S/C20H20N2O3S/c1-25-14-8-6-13(7-9-14)10-11-21-18(23)17-12-26-20-16-5-3-2-4-15(16)19(24)22(17)20/h2-9,17,20H,10-12H2,1H3,(H,21,23). The number of rotatable bonds is 5. The van der Waals surface area contributed by atoms with Crippen molar-refractivity contribution in [1.82, 2.24) is 10.2 Å². The van der Waals surface area contributed by atoms with Crippen LogP contribution < -0.4 is 10.1 Å². The molecule has 2 heterocycles. The van der Waals surface area contributed by atoms with Crippen molar-refractivity contribution in [2.24, 2.45) is 0 Å². The van der Waals surface area contributed by atoms with Crippen molar-refractivity contribution in [3.8, 4) is 5.75 Å². The van der Waals surface area contributed by atoms with Gasteiger partial charge in [-0.25, -0.2) is 0 Å². The van der Waals surface area contributed by atoms with Crippen LogP contribution in [0.3, 0.4) is 0 Å². The number of methoxy groups -OCH3 is 1. The second-order valence-electron chi connectivity index (χ2n) is 6.39. The highest BCUT2D eigenvalue weighted by molar-refractivity contribution is 7.99. The molecule has 5 nitrogen and oxygen atoms in total. The van der Waals surface area contributed by atoms with Gasteiger partial charge in [-0.3, -0.25) is 9.59 Å². The lowest BCUT2D eigenvalue weighted by Gasteiger charge is -2.22. The highest BCUT2D eigenvalue weighted by Gasteiger charge is 2.48. The van der Waals surface area contributed by atoms with E-state index in [1.807, 2.05) is 48.5 Å². The Kier molecular flexibility index (Phi) is 4.59. The Hall–Kier alpha value is -2.47. The van der Waals surface area contributed by atoms with Gasteiger partial charge in [-0.05, 0) is 35.7 Å². The molecule has 0 aliphatic carbocycles. The molecule has 1 saturated heterocycles. The van der Waals surface area contributed by atoms with E-state index in [1.165, 1.54) is 0 Å². The van der Waals surface area contributed by atoms with Gasteiger partial charge in [-0.15, -0.1) is 11.8 Å². The Morgan fingerprint density at radius 3 is 2.77 bits per heavy atom. The van der Waals surface area contributed by atoms with Crippen molar-refractivity contribution in [2.75, 3.05) is 19.4 Å². The molecule has 2 amide bonds. The number of nitrogens with zero attached hydrogens (tertiary/aromatic N) is 1. The van der Waals surface area contributed by atoms with Gasteiger partial charge in [0.05, 0.1) is 7.11 Å². The number of ether oxygens (including phenoxy) is 1. The molecule has 2 aromatic rings. The van der Waals surface area contributed by atoms with Gasteiger partial charge in [0.15, 0.2) is 0 Å². The van der Waals surface area contributed by atoms with E-state index < -0.39 is 6.04 Å². The SMILES string of the molecule is COc1ccc(CCNC(=O)C2CSC3c4ccccc4C(=O)N23)cc1. The fourth-order valence-corrected chi connectivity index (χ4v) is 4.95. The summed E-state index contributed by atoms with van der Waals surface area (Å²) in [5, 5.41) is 2.95. The smallest absolute Gasteiger partial charge is 0.256 e. The summed E-state index contributed by atoms with van der Waals surface area (Å²) in [5.74, 6) is 1.35. The van der Waals surface area contributed by atoms with Crippen LogP contribution in [0.2, 0.25) is 0 Å². The quantitative estimate of drug-likeness (QED) is 0.881. The highest BCUT2D eigenvalue weighted by Crippen LogP contribution is 2.47. The lowest BCUT2D eigenvalue weighted by atomic mass is 10.1. The topological polar surface area (TPSA) is 58.6 Å². The Labute approximate surface area is 156 Å². The second-order valence-corrected chi connectivity index (χ2v) is 7.50. The van der Waals surface area contributed by atoms with Crippen molar-refractivity contribution in [1.29, 1.82) is 0 Å². The summed E-state index contributed by atoms with van der Waals surface area (Å²) in [5.41, 5.74) is 2.88. The van der Waals surface area contributed by atoms with Crippen molar-refractivity contribution in [3.05, 3.63) is 65.2 Å². The van der Waals surface area contributed by atoms with Crippen LogP contribution in [0.1, 0.15) is 26.9 Å². The molecule has 2 aliphatic heterocycles. The maximum Gasteiger partial charge on any atom is 0.256 e. The zero-order chi connectivity index (χ0) is 18.1. The molecule has 6 heteroatoms. The molecule has 0 aromatic heterocycles. The third-order valence-electron chi connectivity index (χ3n) is 4.87. The molecule has 0 bridgehead atoms. The lowest BCUT2D eigenvalue weighted by Crippen LogP contribution is -2.46. The molecule has 0 saturated carbocycles. The molecule has 0 spiro atoms. The molecule has 1 N–H and O–H groups in total. The summed E-state index contributed by atoms with van der Waals surface area (Å²) >= 11 is 1.66. The number of fused-ring (bicyclic) bond motifs is 3. The van der Waals surface area contributed by atoms with Crippen molar-refractivity contribution >= 4 is 23.6 Å². The minimum absolute atomic E-state index is 0.0314. The van der Waals surface area contributed by atoms with Gasteiger partial charge in [-0.2, -0.15) is 0 Å². The first-order chi connectivity index (χ1) is 12.7. The molecule has 26 heavy (non-hydrogen) atoms. The van der Waals surface area contributed by atoms with E-state index in [0.29, 0.717) is 12.3 Å². The zero-order valence-electron chi connectivity index (χ0n) is 14.5. The van der Waals surface area contributed by atoms with Gasteiger partial charge >= 0.3 is 0 Å². The van der Waals surface area contributed by atoms with Crippen LogP contribution in [0.15, 0.2) is 48.5 Å². The van der Waals surface area contributed by atoms with Crippen LogP contribution in [0.5, 0.6) is 5.75 Å². The molecule has 2 atom stereocenters. The summed E-state index contributed by atoms with van der Waals surface area (Å²) in [6, 6.07) is 15.0. The average molecular weight is 368 g/mol. The molecule has 1 fully saturated rings. The molecule has 4 rings (SSSR count). The van der Waals surface area contributed by atoms with E-state index >= 15 is 0 Å². The number of nitrogens with one attached hydrogen (secondary N) is 1. The van der Waals surface area contributed by atoms with Crippen molar-refractivity contribution < 1.29 is 14.3 Å². The first kappa shape index (κ1) is 17.0. The van der Waals surface area contributed by atoms with E-state index in [9.17, 15) is 9.59 Å². The average Bonchev–Trinajstić information content (AvgIpc) is 3.23. The van der Waals surface area contributed by atoms with Gasteiger partial charge in [-0.1, -0.05) is 30.3 Å². The van der Waals surface area contributed by atoms with Crippen LogP contribution in [0, 0.1) is 0 Å². The highest BCUT2D eigenvalue weighted by atomic mass is 32.2. The summed E-state index contributed by atoms with van der Waals surface area (Å²) in [4.78, 5) is 27.0. The van der Waals surface area contributed by atoms with E-state index in [2.05, 4.69) is 5.32 Å².